The fraction of sp³-hybridized carbons (Fsp3) is 0.333. The number of benzene rings is 1. The molecule has 0 fully saturated rings. The van der Waals surface area contributed by atoms with Crippen LogP contribution >= 0.6 is 0 Å². The number of ether oxygens (including phenoxy) is 1. The van der Waals surface area contributed by atoms with E-state index in [0.29, 0.717) is 0 Å². The minimum atomic E-state index is -0.925. The molecule has 0 bridgehead atoms. The van der Waals surface area contributed by atoms with Crippen LogP contribution in [0.1, 0.15) is 24.5 Å². The van der Waals surface area contributed by atoms with Gasteiger partial charge in [-0.25, -0.2) is 9.59 Å². The zero-order valence-corrected chi connectivity index (χ0v) is 17.3. The third-order valence-electron chi connectivity index (χ3n) is 5.13. The first-order valence-electron chi connectivity index (χ1n) is 9.48. The number of hydrogen-bond donors (Lipinski definition) is 2. The molecule has 2 aromatic heterocycles. The summed E-state index contributed by atoms with van der Waals surface area (Å²) in [5, 5.41) is 11.4. The fourth-order valence-electron chi connectivity index (χ4n) is 3.43. The number of hydrogen-bond acceptors (Lipinski definition) is 6. The number of methoxy groups -OCH3 is 1. The van der Waals surface area contributed by atoms with Crippen molar-refractivity contribution in [2.75, 3.05) is 7.11 Å². The molecule has 2 N–H and O–H groups in total. The van der Waals surface area contributed by atoms with Gasteiger partial charge in [0.25, 0.3) is 5.56 Å². The molecule has 1 atom stereocenters. The monoisotopic (exact) mass is 412 g/mol. The zero-order valence-electron chi connectivity index (χ0n) is 17.3. The molecule has 0 saturated heterocycles. The summed E-state index contributed by atoms with van der Waals surface area (Å²) in [5.41, 5.74) is 0.596. The lowest BCUT2D eigenvalue weighted by Crippen LogP contribution is -2.40. The minimum absolute atomic E-state index is 0.102. The normalized spacial score (nSPS) is 12.9. The van der Waals surface area contributed by atoms with E-state index in [1.807, 2.05) is 30.5 Å². The first kappa shape index (κ1) is 21.1. The van der Waals surface area contributed by atoms with Gasteiger partial charge in [-0.05, 0) is 18.1 Å². The van der Waals surface area contributed by atoms with Crippen molar-refractivity contribution in [1.29, 1.82) is 0 Å². The first-order valence-corrected chi connectivity index (χ1v) is 9.48. The molecule has 0 saturated carbocycles. The van der Waals surface area contributed by atoms with E-state index in [1.165, 1.54) is 21.2 Å². The van der Waals surface area contributed by atoms with Gasteiger partial charge in [0.2, 0.25) is 5.88 Å². The van der Waals surface area contributed by atoms with Gasteiger partial charge in [0, 0.05) is 37.6 Å². The van der Waals surface area contributed by atoms with E-state index in [4.69, 9.17) is 4.74 Å². The van der Waals surface area contributed by atoms with E-state index >= 15 is 0 Å². The third-order valence-corrected chi connectivity index (χ3v) is 5.13. The number of carbonyl (C=O) groups excluding carboxylic acids is 1. The van der Waals surface area contributed by atoms with Crippen molar-refractivity contribution in [2.45, 2.75) is 25.8 Å². The number of para-hydroxylation sites is 1. The molecule has 30 heavy (non-hydrogen) atoms. The molecule has 2 heterocycles. The van der Waals surface area contributed by atoms with Crippen LogP contribution < -0.4 is 11.2 Å². The second kappa shape index (κ2) is 8.40. The van der Waals surface area contributed by atoms with Gasteiger partial charge >= 0.3 is 11.7 Å². The molecule has 158 valence electrons. The van der Waals surface area contributed by atoms with Gasteiger partial charge in [0.15, 0.2) is 6.04 Å². The predicted octanol–water partition coefficient (Wildman–Crippen LogP) is 1.25. The Morgan fingerprint density at radius 1 is 1.23 bits per heavy atom. The summed E-state index contributed by atoms with van der Waals surface area (Å²) in [6.07, 6.45) is 2.32. The smallest absolute Gasteiger partial charge is 0.333 e. The highest BCUT2D eigenvalue weighted by Gasteiger charge is 2.25. The van der Waals surface area contributed by atoms with E-state index < -0.39 is 29.1 Å². The Balaban J connectivity index is 2.12. The van der Waals surface area contributed by atoms with Crippen molar-refractivity contribution in [3.05, 3.63) is 62.4 Å². The van der Waals surface area contributed by atoms with Crippen molar-refractivity contribution >= 4 is 22.6 Å². The van der Waals surface area contributed by atoms with Gasteiger partial charge in [-0.15, -0.1) is 0 Å². The molecule has 3 rings (SSSR count). The number of aromatic nitrogens is 3. The maximum atomic E-state index is 12.7. The number of fused-ring (bicyclic) bond motifs is 1. The number of carbonyl (C=O) groups is 1. The van der Waals surface area contributed by atoms with E-state index in [2.05, 4.69) is 9.98 Å². The Bertz CT molecular complexity index is 1250. The van der Waals surface area contributed by atoms with Crippen molar-refractivity contribution in [3.8, 4) is 5.88 Å². The molecule has 9 nitrogen and oxygen atoms in total. The molecule has 0 radical (unpaired) electrons. The standard InChI is InChI=1S/C21H24N4O5/c1-5-14(17-18(26)24(2)21(29)25(3)19(17)27)23-16(20(28)30-4)10-12-11-22-15-9-7-6-8-13(12)15/h6-9,11,16,22,26H,5,10H2,1-4H3. The van der Waals surface area contributed by atoms with Crippen LogP contribution in [0.4, 0.5) is 0 Å². The van der Waals surface area contributed by atoms with Crippen LogP contribution in [0.5, 0.6) is 5.88 Å². The van der Waals surface area contributed by atoms with E-state index in [0.717, 1.165) is 25.6 Å². The number of aliphatic imine (C=N–C) groups is 1. The fourth-order valence-corrected chi connectivity index (χ4v) is 3.43. The molecular formula is C21H24N4O5. The van der Waals surface area contributed by atoms with Gasteiger partial charge < -0.3 is 14.8 Å². The second-order valence-electron chi connectivity index (χ2n) is 6.94. The summed E-state index contributed by atoms with van der Waals surface area (Å²) in [6.45, 7) is 1.75. The number of nitrogens with zero attached hydrogens (tertiary/aromatic N) is 3. The Labute approximate surface area is 172 Å². The van der Waals surface area contributed by atoms with Crippen molar-refractivity contribution in [2.24, 2.45) is 19.1 Å². The number of aromatic amines is 1. The summed E-state index contributed by atoms with van der Waals surface area (Å²) in [5.74, 6) is -1.05. The van der Waals surface area contributed by atoms with Gasteiger partial charge in [0.1, 0.15) is 5.56 Å². The predicted molar refractivity (Wildman–Crippen MR) is 113 cm³/mol. The summed E-state index contributed by atoms with van der Waals surface area (Å²) < 4.78 is 6.79. The number of nitrogens with one attached hydrogen (secondary N) is 1. The maximum absolute atomic E-state index is 12.7. The first-order chi connectivity index (χ1) is 14.3. The lowest BCUT2D eigenvalue weighted by Gasteiger charge is -2.15. The molecule has 0 spiro atoms. The molecule has 0 aliphatic carbocycles. The zero-order chi connectivity index (χ0) is 22.0. The molecule has 1 aromatic carbocycles. The largest absolute Gasteiger partial charge is 0.494 e. The Hall–Kier alpha value is -3.62. The van der Waals surface area contributed by atoms with Crippen LogP contribution in [-0.4, -0.2) is 44.1 Å². The Kier molecular flexibility index (Phi) is 5.91. The summed E-state index contributed by atoms with van der Waals surface area (Å²) in [6, 6.07) is 6.75. The highest BCUT2D eigenvalue weighted by atomic mass is 16.5. The summed E-state index contributed by atoms with van der Waals surface area (Å²) in [4.78, 5) is 44.8. The summed E-state index contributed by atoms with van der Waals surface area (Å²) in [7, 11) is 3.96. The quantitative estimate of drug-likeness (QED) is 0.467. The van der Waals surface area contributed by atoms with Crippen LogP contribution in [0.3, 0.4) is 0 Å². The Morgan fingerprint density at radius 3 is 2.60 bits per heavy atom. The summed E-state index contributed by atoms with van der Waals surface area (Å²) >= 11 is 0. The van der Waals surface area contributed by atoms with Crippen LogP contribution in [0.15, 0.2) is 45.0 Å². The lowest BCUT2D eigenvalue weighted by atomic mass is 10.0. The molecule has 0 aliphatic rings. The molecule has 3 aromatic rings. The molecule has 0 aliphatic heterocycles. The van der Waals surface area contributed by atoms with Crippen molar-refractivity contribution in [1.82, 2.24) is 14.1 Å². The average molecular weight is 412 g/mol. The molecule has 9 heteroatoms. The van der Waals surface area contributed by atoms with Crippen molar-refractivity contribution < 1.29 is 14.6 Å². The van der Waals surface area contributed by atoms with Crippen LogP contribution in [0, 0.1) is 0 Å². The molecular weight excluding hydrogens is 388 g/mol. The molecule has 1 unspecified atom stereocenters. The number of aromatic hydroxyl groups is 1. The number of H-pyrrole nitrogens is 1. The SMILES string of the molecule is CCC(=NC(Cc1c[nH]c2ccccc12)C(=O)OC)c1c(O)n(C)c(=O)n(C)c1=O. The highest BCUT2D eigenvalue weighted by Crippen LogP contribution is 2.21. The lowest BCUT2D eigenvalue weighted by molar-refractivity contribution is -0.142. The van der Waals surface area contributed by atoms with Gasteiger partial charge in [-0.3, -0.25) is 18.9 Å². The van der Waals surface area contributed by atoms with Crippen LogP contribution in [-0.2, 0) is 30.0 Å². The van der Waals surface area contributed by atoms with E-state index in [-0.39, 0.29) is 24.1 Å². The van der Waals surface area contributed by atoms with Crippen molar-refractivity contribution in [3.63, 3.8) is 0 Å². The van der Waals surface area contributed by atoms with Crippen LogP contribution in [0.2, 0.25) is 0 Å². The van der Waals surface area contributed by atoms with Gasteiger partial charge in [-0.1, -0.05) is 25.1 Å². The molecule has 0 amide bonds. The minimum Gasteiger partial charge on any atom is -0.494 e. The van der Waals surface area contributed by atoms with Gasteiger partial charge in [-0.2, -0.15) is 0 Å². The van der Waals surface area contributed by atoms with E-state index in [9.17, 15) is 19.5 Å². The maximum Gasteiger partial charge on any atom is 0.333 e. The van der Waals surface area contributed by atoms with E-state index in [1.54, 1.807) is 6.92 Å². The van der Waals surface area contributed by atoms with Gasteiger partial charge in [0.05, 0.1) is 12.8 Å². The highest BCUT2D eigenvalue weighted by molar-refractivity contribution is 6.03. The second-order valence-corrected chi connectivity index (χ2v) is 6.94. The van der Waals surface area contributed by atoms with Crippen LogP contribution in [0.25, 0.3) is 10.9 Å². The average Bonchev–Trinajstić information content (AvgIpc) is 3.17. The Morgan fingerprint density at radius 2 is 1.93 bits per heavy atom. The number of rotatable bonds is 6. The topological polar surface area (TPSA) is 119 Å². The third kappa shape index (κ3) is 3.66. The number of esters is 1.